The van der Waals surface area contributed by atoms with Crippen molar-refractivity contribution in [2.24, 2.45) is 7.05 Å². The molecule has 30 heavy (non-hydrogen) atoms. The normalized spacial score (nSPS) is 12.0. The first-order chi connectivity index (χ1) is 14.5. The highest BCUT2D eigenvalue weighted by Crippen LogP contribution is 2.28. The molecule has 1 heterocycles. The molecule has 0 saturated carbocycles. The third-order valence-electron chi connectivity index (χ3n) is 5.06. The molecular formula is C23H26N4O3. The van der Waals surface area contributed by atoms with Crippen molar-refractivity contribution in [3.63, 3.8) is 0 Å². The summed E-state index contributed by atoms with van der Waals surface area (Å²) in [6, 6.07) is 15.6. The first-order valence-corrected chi connectivity index (χ1v) is 9.62. The number of allylic oxidation sites excluding steroid dienone is 1. The van der Waals surface area contributed by atoms with Crippen molar-refractivity contribution >= 4 is 16.6 Å². The highest BCUT2D eigenvalue weighted by Gasteiger charge is 2.17. The largest absolute Gasteiger partial charge is 0.509 e. The lowest BCUT2D eigenvalue weighted by molar-refractivity contribution is 0.293. The predicted molar refractivity (Wildman–Crippen MR) is 117 cm³/mol. The molecule has 0 unspecified atom stereocenters. The van der Waals surface area contributed by atoms with Gasteiger partial charge in [0.15, 0.2) is 17.3 Å². The van der Waals surface area contributed by atoms with Crippen LogP contribution in [0.2, 0.25) is 0 Å². The van der Waals surface area contributed by atoms with Crippen LogP contribution in [0.4, 0.5) is 0 Å². The van der Waals surface area contributed by atoms with Crippen LogP contribution in [-0.4, -0.2) is 53.9 Å². The number of benzene rings is 2. The summed E-state index contributed by atoms with van der Waals surface area (Å²) in [6.07, 6.45) is 0.762. The lowest BCUT2D eigenvalue weighted by atomic mass is 10.1. The quantitative estimate of drug-likeness (QED) is 0.455. The van der Waals surface area contributed by atoms with E-state index in [0.29, 0.717) is 23.9 Å². The summed E-state index contributed by atoms with van der Waals surface area (Å²) in [7, 11) is 6.97. The van der Waals surface area contributed by atoms with E-state index in [1.54, 1.807) is 14.2 Å². The smallest absolute Gasteiger partial charge is 0.160 e. The van der Waals surface area contributed by atoms with Gasteiger partial charge in [0.2, 0.25) is 0 Å². The van der Waals surface area contributed by atoms with Gasteiger partial charge in [-0.05, 0) is 43.3 Å². The second-order valence-corrected chi connectivity index (χ2v) is 7.09. The molecule has 0 aliphatic carbocycles. The lowest BCUT2D eigenvalue weighted by Gasteiger charge is -2.17. The number of aryl methyl sites for hydroxylation is 1. The number of likely N-dealkylation sites (N-methyl/N-ethyl adjacent to an activating group) is 1. The maximum atomic E-state index is 10.7. The Hall–Kier alpha value is -3.50. The van der Waals surface area contributed by atoms with Crippen molar-refractivity contribution in [1.29, 1.82) is 5.26 Å². The van der Waals surface area contributed by atoms with Crippen LogP contribution in [0.3, 0.4) is 0 Å². The van der Waals surface area contributed by atoms with Crippen molar-refractivity contribution in [2.75, 3.05) is 34.4 Å². The first kappa shape index (κ1) is 21.2. The fraction of sp³-hybridized carbons (Fsp3) is 0.304. The molecule has 0 bridgehead atoms. The molecule has 0 fully saturated rings. The number of para-hydroxylation sites is 2. The van der Waals surface area contributed by atoms with E-state index in [9.17, 15) is 10.4 Å². The van der Waals surface area contributed by atoms with Gasteiger partial charge in [-0.2, -0.15) is 5.26 Å². The highest BCUT2D eigenvalue weighted by molar-refractivity contribution is 5.83. The number of rotatable bonds is 8. The average molecular weight is 406 g/mol. The molecule has 7 heteroatoms. The molecule has 1 aromatic heterocycles. The first-order valence-electron chi connectivity index (χ1n) is 9.62. The maximum absolute atomic E-state index is 10.7. The van der Waals surface area contributed by atoms with Gasteiger partial charge in [0.05, 0.1) is 31.8 Å². The highest BCUT2D eigenvalue weighted by atomic mass is 16.5. The molecule has 0 aliphatic rings. The van der Waals surface area contributed by atoms with Gasteiger partial charge in [0.1, 0.15) is 17.4 Å². The molecule has 0 aliphatic heterocycles. The van der Waals surface area contributed by atoms with E-state index in [1.165, 1.54) is 0 Å². The Bertz CT molecular complexity index is 1110. The summed E-state index contributed by atoms with van der Waals surface area (Å²) in [6.45, 7) is 0.945. The van der Waals surface area contributed by atoms with E-state index in [4.69, 9.17) is 9.47 Å². The molecule has 0 saturated heterocycles. The lowest BCUT2D eigenvalue weighted by Crippen LogP contribution is -2.24. The molecule has 3 aromatic rings. The van der Waals surface area contributed by atoms with Crippen LogP contribution in [0.5, 0.6) is 11.5 Å². The fourth-order valence-corrected chi connectivity index (χ4v) is 3.38. The summed E-state index contributed by atoms with van der Waals surface area (Å²) >= 11 is 0. The molecule has 156 valence electrons. The van der Waals surface area contributed by atoms with Crippen LogP contribution in [0.15, 0.2) is 48.2 Å². The summed E-state index contributed by atoms with van der Waals surface area (Å²) in [5, 5.41) is 20.3. The number of hydrogen-bond donors (Lipinski definition) is 1. The van der Waals surface area contributed by atoms with Gasteiger partial charge in [-0.25, -0.2) is 4.98 Å². The Morgan fingerprint density at radius 3 is 2.57 bits per heavy atom. The zero-order valence-corrected chi connectivity index (χ0v) is 17.7. The molecule has 7 nitrogen and oxygen atoms in total. The maximum Gasteiger partial charge on any atom is 0.160 e. The Labute approximate surface area is 176 Å². The van der Waals surface area contributed by atoms with Gasteiger partial charge in [-0.3, -0.25) is 4.90 Å². The van der Waals surface area contributed by atoms with Crippen molar-refractivity contribution in [3.8, 4) is 17.6 Å². The summed E-state index contributed by atoms with van der Waals surface area (Å²) < 4.78 is 12.4. The average Bonchev–Trinajstić information content (AvgIpc) is 3.09. The van der Waals surface area contributed by atoms with Gasteiger partial charge < -0.3 is 19.1 Å². The predicted octanol–water partition coefficient (Wildman–Crippen LogP) is 3.56. The van der Waals surface area contributed by atoms with E-state index in [0.717, 1.165) is 23.0 Å². The van der Waals surface area contributed by atoms with Crippen molar-refractivity contribution < 1.29 is 14.6 Å². The Morgan fingerprint density at radius 1 is 1.17 bits per heavy atom. The third kappa shape index (κ3) is 4.39. The van der Waals surface area contributed by atoms with Gasteiger partial charge in [-0.1, -0.05) is 18.2 Å². The van der Waals surface area contributed by atoms with Crippen LogP contribution in [0.25, 0.3) is 16.6 Å². The third-order valence-corrected chi connectivity index (χ3v) is 5.06. The molecule has 3 rings (SSSR count). The Morgan fingerprint density at radius 2 is 1.90 bits per heavy atom. The van der Waals surface area contributed by atoms with Gasteiger partial charge in [0.25, 0.3) is 0 Å². The molecular weight excluding hydrogens is 380 g/mol. The number of fused-ring (bicyclic) bond motifs is 1. The molecule has 0 atom stereocenters. The standard InChI is InChI=1S/C23H26N4O3/c1-26(12-11-16-9-10-21(29-3)22(13-16)30-4)15-20(28)17(14-24)23-25-18-7-5-6-8-19(18)27(23)2/h5-10,13,28H,11-12,15H2,1-4H3/b20-17-. The Balaban J connectivity index is 1.73. The number of aromatic nitrogens is 2. The van der Waals surface area contributed by atoms with Crippen LogP contribution < -0.4 is 9.47 Å². The number of methoxy groups -OCH3 is 2. The fourth-order valence-electron chi connectivity index (χ4n) is 3.38. The molecule has 0 amide bonds. The zero-order valence-electron chi connectivity index (χ0n) is 17.7. The van der Waals surface area contributed by atoms with Crippen molar-refractivity contribution in [3.05, 3.63) is 59.6 Å². The zero-order chi connectivity index (χ0) is 21.7. The molecule has 0 spiro atoms. The van der Waals surface area contributed by atoms with Crippen molar-refractivity contribution in [2.45, 2.75) is 6.42 Å². The summed E-state index contributed by atoms with van der Waals surface area (Å²) in [5.74, 6) is 1.85. The minimum absolute atomic E-state index is 0.00529. The van der Waals surface area contributed by atoms with E-state index < -0.39 is 0 Å². The van der Waals surface area contributed by atoms with E-state index in [1.807, 2.05) is 66.0 Å². The number of nitriles is 1. The molecule has 1 N–H and O–H groups in total. The van der Waals surface area contributed by atoms with Crippen molar-refractivity contribution in [1.82, 2.24) is 14.5 Å². The minimum Gasteiger partial charge on any atom is -0.509 e. The van der Waals surface area contributed by atoms with Crippen LogP contribution in [-0.2, 0) is 13.5 Å². The van der Waals surface area contributed by atoms with Gasteiger partial charge >= 0.3 is 0 Å². The van der Waals surface area contributed by atoms with E-state index in [-0.39, 0.29) is 17.9 Å². The number of nitrogens with zero attached hydrogens (tertiary/aromatic N) is 4. The number of aliphatic hydroxyl groups excluding tert-OH is 1. The number of aliphatic hydroxyl groups is 1. The Kier molecular flexibility index (Phi) is 6.60. The summed E-state index contributed by atoms with van der Waals surface area (Å²) in [4.78, 5) is 6.48. The second-order valence-electron chi connectivity index (χ2n) is 7.09. The molecule has 2 aromatic carbocycles. The summed E-state index contributed by atoms with van der Waals surface area (Å²) in [5.41, 5.74) is 2.98. The van der Waals surface area contributed by atoms with E-state index >= 15 is 0 Å². The number of ether oxygens (including phenoxy) is 2. The van der Waals surface area contributed by atoms with Crippen LogP contribution in [0, 0.1) is 11.3 Å². The number of hydrogen-bond acceptors (Lipinski definition) is 6. The monoisotopic (exact) mass is 406 g/mol. The SMILES string of the molecule is COc1ccc(CCN(C)C/C(O)=C(\C#N)c2nc3ccccc3n2C)cc1OC. The topological polar surface area (TPSA) is 83.5 Å². The van der Waals surface area contributed by atoms with E-state index in [2.05, 4.69) is 11.1 Å². The second kappa shape index (κ2) is 9.33. The number of imidazole rings is 1. The van der Waals surface area contributed by atoms with Crippen LogP contribution in [0.1, 0.15) is 11.4 Å². The molecule has 0 radical (unpaired) electrons. The van der Waals surface area contributed by atoms with Gasteiger partial charge in [0, 0.05) is 13.6 Å². The van der Waals surface area contributed by atoms with Crippen LogP contribution >= 0.6 is 0 Å². The van der Waals surface area contributed by atoms with Gasteiger partial charge in [-0.15, -0.1) is 0 Å². The minimum atomic E-state index is 0.00529.